The number of carbonyl (C=O) groups is 4. The number of methoxy groups -OCH3 is 1. The molecule has 0 radical (unpaired) electrons. The molecule has 10 heteroatoms. The quantitative estimate of drug-likeness (QED) is 0.363. The number of ether oxygens (including phenoxy) is 1. The minimum Gasteiger partial charge on any atom is -0.480 e. The van der Waals surface area contributed by atoms with Gasteiger partial charge in [-0.1, -0.05) is 0 Å². The maximum absolute atomic E-state index is 12.5. The zero-order valence-corrected chi connectivity index (χ0v) is 13.0. The number of esters is 1. The van der Waals surface area contributed by atoms with Crippen LogP contribution in [-0.4, -0.2) is 72.5 Å². The average Bonchev–Trinajstić information content (AvgIpc) is 2.46. The molecule has 4 N–H and O–H groups in total. The Morgan fingerprint density at radius 3 is 2.59 bits per heavy atom. The van der Waals surface area contributed by atoms with E-state index in [2.05, 4.69) is 10.1 Å². The number of nitrogens with zero attached hydrogens (tertiary/aromatic N) is 1. The Morgan fingerprint density at radius 1 is 1.45 bits per heavy atom. The van der Waals surface area contributed by atoms with E-state index < -0.39 is 35.7 Å². The summed E-state index contributed by atoms with van der Waals surface area (Å²) in [4.78, 5) is 47.7. The van der Waals surface area contributed by atoms with Crippen LogP contribution in [0.5, 0.6) is 0 Å². The number of ketones is 1. The second-order valence-electron chi connectivity index (χ2n) is 4.66. The van der Waals surface area contributed by atoms with Crippen molar-refractivity contribution in [3.63, 3.8) is 0 Å². The number of hydrogen-bond acceptors (Lipinski definition) is 7. The standard InChI is InChI=1S/C12H19N3O6.ClH/c1-21-10(19)2-3-12(8(16)6-13)11(20)15(5-4-14-12)7-9(17)18;/h14H,2-7,13H2,1H3,(H,17,18);1H. The first-order valence-corrected chi connectivity index (χ1v) is 6.43. The molecule has 1 aliphatic rings. The van der Waals surface area contributed by atoms with E-state index in [9.17, 15) is 19.2 Å². The van der Waals surface area contributed by atoms with Gasteiger partial charge in [0.15, 0.2) is 11.3 Å². The van der Waals surface area contributed by atoms with Crippen molar-refractivity contribution in [3.8, 4) is 0 Å². The molecule has 1 heterocycles. The molecule has 0 bridgehead atoms. The lowest BCUT2D eigenvalue weighted by molar-refractivity contribution is -0.154. The van der Waals surface area contributed by atoms with Gasteiger partial charge < -0.3 is 20.5 Å². The van der Waals surface area contributed by atoms with Crippen molar-refractivity contribution in [3.05, 3.63) is 0 Å². The molecular formula is C12H20ClN3O6. The van der Waals surface area contributed by atoms with Gasteiger partial charge in [0.2, 0.25) is 0 Å². The minimum atomic E-state index is -1.66. The molecule has 0 aromatic carbocycles. The highest BCUT2D eigenvalue weighted by Crippen LogP contribution is 2.21. The van der Waals surface area contributed by atoms with E-state index in [0.717, 1.165) is 4.90 Å². The molecular weight excluding hydrogens is 318 g/mol. The lowest BCUT2D eigenvalue weighted by atomic mass is 9.85. The van der Waals surface area contributed by atoms with Crippen molar-refractivity contribution in [2.24, 2.45) is 5.73 Å². The van der Waals surface area contributed by atoms with Crippen LogP contribution in [0.2, 0.25) is 0 Å². The van der Waals surface area contributed by atoms with E-state index in [1.807, 2.05) is 0 Å². The van der Waals surface area contributed by atoms with Gasteiger partial charge >= 0.3 is 11.9 Å². The van der Waals surface area contributed by atoms with Crippen molar-refractivity contribution in [1.29, 1.82) is 0 Å². The number of nitrogens with one attached hydrogen (secondary N) is 1. The number of piperazine rings is 1. The Balaban J connectivity index is 0.00000441. The number of amides is 1. The Labute approximate surface area is 133 Å². The van der Waals surface area contributed by atoms with Crippen molar-refractivity contribution < 1.29 is 29.0 Å². The van der Waals surface area contributed by atoms with E-state index >= 15 is 0 Å². The summed E-state index contributed by atoms with van der Waals surface area (Å²) >= 11 is 0. The van der Waals surface area contributed by atoms with Gasteiger partial charge in [0.05, 0.1) is 13.7 Å². The molecule has 1 fully saturated rings. The van der Waals surface area contributed by atoms with Gasteiger partial charge in [0, 0.05) is 19.5 Å². The van der Waals surface area contributed by atoms with Crippen LogP contribution < -0.4 is 11.1 Å². The smallest absolute Gasteiger partial charge is 0.323 e. The highest BCUT2D eigenvalue weighted by atomic mass is 35.5. The first-order chi connectivity index (χ1) is 9.87. The Hall–Kier alpha value is -1.71. The van der Waals surface area contributed by atoms with Crippen LogP contribution in [-0.2, 0) is 23.9 Å². The molecule has 0 saturated carbocycles. The topological polar surface area (TPSA) is 139 Å². The molecule has 126 valence electrons. The number of carboxylic acid groups (broad SMARTS) is 1. The summed E-state index contributed by atoms with van der Waals surface area (Å²) < 4.78 is 4.50. The van der Waals surface area contributed by atoms with E-state index in [1.165, 1.54) is 7.11 Å². The summed E-state index contributed by atoms with van der Waals surface area (Å²) in [6, 6.07) is 0. The van der Waals surface area contributed by atoms with Crippen molar-refractivity contribution in [2.75, 3.05) is 33.3 Å². The number of Topliss-reactive ketones (excluding diaryl/α,β-unsaturated/α-hetero) is 1. The lowest BCUT2D eigenvalue weighted by Gasteiger charge is -2.40. The van der Waals surface area contributed by atoms with Crippen LogP contribution in [0.25, 0.3) is 0 Å². The fourth-order valence-electron chi connectivity index (χ4n) is 2.28. The molecule has 1 aliphatic heterocycles. The van der Waals surface area contributed by atoms with Crippen molar-refractivity contribution in [2.45, 2.75) is 18.4 Å². The summed E-state index contributed by atoms with van der Waals surface area (Å²) in [6.45, 7) is -0.478. The van der Waals surface area contributed by atoms with Gasteiger partial charge in [-0.25, -0.2) is 0 Å². The summed E-state index contributed by atoms with van der Waals surface area (Å²) in [6.07, 6.45) is -0.271. The third-order valence-electron chi connectivity index (χ3n) is 3.38. The number of halogens is 1. The Bertz CT molecular complexity index is 458. The fourth-order valence-corrected chi connectivity index (χ4v) is 2.28. The highest BCUT2D eigenvalue weighted by molar-refractivity contribution is 6.12. The molecule has 22 heavy (non-hydrogen) atoms. The zero-order valence-electron chi connectivity index (χ0n) is 12.2. The second-order valence-corrected chi connectivity index (χ2v) is 4.66. The zero-order chi connectivity index (χ0) is 16.0. The van der Waals surface area contributed by atoms with Gasteiger partial charge in [0.25, 0.3) is 5.91 Å². The molecule has 0 spiro atoms. The molecule has 1 saturated heterocycles. The third kappa shape index (κ3) is 4.39. The van der Waals surface area contributed by atoms with Crippen molar-refractivity contribution in [1.82, 2.24) is 10.2 Å². The number of hydrogen-bond donors (Lipinski definition) is 3. The number of aliphatic carboxylic acids is 1. The summed E-state index contributed by atoms with van der Waals surface area (Å²) in [5.41, 5.74) is 3.69. The van der Waals surface area contributed by atoms with E-state index in [1.54, 1.807) is 0 Å². The fraction of sp³-hybridized carbons (Fsp3) is 0.667. The van der Waals surface area contributed by atoms with Gasteiger partial charge in [-0.3, -0.25) is 24.5 Å². The third-order valence-corrected chi connectivity index (χ3v) is 3.38. The van der Waals surface area contributed by atoms with Crippen LogP contribution >= 0.6 is 12.4 Å². The maximum atomic E-state index is 12.5. The van der Waals surface area contributed by atoms with Crippen LogP contribution in [0.4, 0.5) is 0 Å². The number of rotatable bonds is 7. The predicted octanol–water partition coefficient (Wildman–Crippen LogP) is -1.86. The highest BCUT2D eigenvalue weighted by Gasteiger charge is 2.49. The normalized spacial score (nSPS) is 21.0. The molecule has 1 atom stereocenters. The monoisotopic (exact) mass is 337 g/mol. The van der Waals surface area contributed by atoms with E-state index in [0.29, 0.717) is 0 Å². The predicted molar refractivity (Wildman–Crippen MR) is 77.5 cm³/mol. The molecule has 0 aromatic heterocycles. The number of nitrogens with two attached hydrogens (primary N) is 1. The minimum absolute atomic E-state index is 0. The van der Waals surface area contributed by atoms with Crippen molar-refractivity contribution >= 4 is 36.0 Å². The molecule has 0 aliphatic carbocycles. The molecule has 9 nitrogen and oxygen atoms in total. The Morgan fingerprint density at radius 2 is 2.09 bits per heavy atom. The van der Waals surface area contributed by atoms with Gasteiger partial charge in [-0.15, -0.1) is 12.4 Å². The van der Waals surface area contributed by atoms with Crippen LogP contribution in [0.3, 0.4) is 0 Å². The maximum Gasteiger partial charge on any atom is 0.323 e. The van der Waals surface area contributed by atoms with E-state index in [4.69, 9.17) is 10.8 Å². The average molecular weight is 338 g/mol. The first-order valence-electron chi connectivity index (χ1n) is 6.43. The summed E-state index contributed by atoms with van der Waals surface area (Å²) in [7, 11) is 1.20. The molecule has 1 unspecified atom stereocenters. The van der Waals surface area contributed by atoms with Crippen LogP contribution in [0.15, 0.2) is 0 Å². The number of carboxylic acids is 1. The lowest BCUT2D eigenvalue weighted by Crippen LogP contribution is -2.69. The summed E-state index contributed by atoms with van der Waals surface area (Å²) in [5.74, 6) is -2.99. The van der Waals surface area contributed by atoms with Gasteiger partial charge in [-0.05, 0) is 6.42 Å². The largest absolute Gasteiger partial charge is 0.480 e. The second kappa shape index (κ2) is 8.66. The number of carbonyl (C=O) groups excluding carboxylic acids is 3. The van der Waals surface area contributed by atoms with E-state index in [-0.39, 0.29) is 44.9 Å². The van der Waals surface area contributed by atoms with Gasteiger partial charge in [0.1, 0.15) is 6.54 Å². The SMILES string of the molecule is COC(=O)CCC1(C(=O)CN)NCCN(CC(=O)O)C1=O.Cl. The van der Waals surface area contributed by atoms with Crippen LogP contribution in [0.1, 0.15) is 12.8 Å². The van der Waals surface area contributed by atoms with Crippen LogP contribution in [0, 0.1) is 0 Å². The summed E-state index contributed by atoms with van der Waals surface area (Å²) in [5, 5.41) is 11.6. The molecule has 0 aromatic rings. The first kappa shape index (κ1) is 20.3. The molecule has 1 rings (SSSR count). The van der Waals surface area contributed by atoms with Gasteiger partial charge in [-0.2, -0.15) is 0 Å². The Kier molecular flexibility index (Phi) is 7.99. The molecule has 1 amide bonds.